The van der Waals surface area contributed by atoms with Gasteiger partial charge in [-0.1, -0.05) is 43.3 Å². The number of nitrogens with zero attached hydrogens (tertiary/aromatic N) is 2. The summed E-state index contributed by atoms with van der Waals surface area (Å²) < 4.78 is 27.8. The van der Waals surface area contributed by atoms with Gasteiger partial charge in [-0.05, 0) is 54.1 Å². The number of carbonyl (C=O) groups excluding carboxylic acids is 1. The molecule has 1 N–H and O–H groups in total. The molecular weight excluding hydrogens is 418 g/mol. The molecule has 0 aliphatic carbocycles. The quantitative estimate of drug-likeness (QED) is 0.424. The zero-order chi connectivity index (χ0) is 21.6. The molecule has 0 unspecified atom stereocenters. The maximum absolute atomic E-state index is 13.4. The first-order chi connectivity index (χ1) is 14.4. The number of rotatable bonds is 8. The van der Waals surface area contributed by atoms with E-state index in [0.717, 1.165) is 20.3 Å². The highest BCUT2D eigenvalue weighted by Gasteiger charge is 2.28. The number of nitrogens with one attached hydrogen (secondary N) is 1. The molecule has 156 valence electrons. The Morgan fingerprint density at radius 2 is 1.80 bits per heavy atom. The molecule has 6 nitrogen and oxygen atoms in total. The smallest absolute Gasteiger partial charge is 0.264 e. The van der Waals surface area contributed by atoms with Crippen molar-refractivity contribution in [2.75, 3.05) is 10.8 Å². The van der Waals surface area contributed by atoms with Gasteiger partial charge in [-0.25, -0.2) is 13.8 Å². The fourth-order valence-electron chi connectivity index (χ4n) is 2.92. The van der Waals surface area contributed by atoms with E-state index in [1.807, 2.05) is 37.4 Å². The first-order valence-corrected chi connectivity index (χ1v) is 11.8. The van der Waals surface area contributed by atoms with Gasteiger partial charge in [0.05, 0.1) is 16.8 Å². The van der Waals surface area contributed by atoms with Crippen molar-refractivity contribution in [3.63, 3.8) is 0 Å². The third-order valence-corrected chi connectivity index (χ3v) is 7.26. The highest BCUT2D eigenvalue weighted by Crippen LogP contribution is 2.27. The van der Waals surface area contributed by atoms with E-state index in [1.165, 1.54) is 23.5 Å². The highest BCUT2D eigenvalue weighted by atomic mass is 32.2. The molecule has 0 fully saturated rings. The summed E-state index contributed by atoms with van der Waals surface area (Å²) in [7, 11) is -3.93. The standard InChI is InChI=1S/C22H23N3O3S2/c1-3-18-9-7-8-12-20(18)25(30(27,28)19-10-5-4-6-11-19)16-22(26)24-23-15-21-17(2)13-14-29-21/h4-15H,3,16H2,1-2H3,(H,24,26). The minimum atomic E-state index is -3.93. The van der Waals surface area contributed by atoms with Crippen LogP contribution in [0.1, 0.15) is 22.9 Å². The Morgan fingerprint density at radius 1 is 1.10 bits per heavy atom. The van der Waals surface area contributed by atoms with Crippen molar-refractivity contribution in [3.05, 3.63) is 82.0 Å². The van der Waals surface area contributed by atoms with Gasteiger partial charge in [0.1, 0.15) is 6.54 Å². The average Bonchev–Trinajstić information content (AvgIpc) is 3.17. The van der Waals surface area contributed by atoms with Crippen molar-refractivity contribution in [1.82, 2.24) is 5.43 Å². The SMILES string of the molecule is CCc1ccccc1N(CC(=O)NN=Cc1sccc1C)S(=O)(=O)c1ccccc1. The lowest BCUT2D eigenvalue weighted by Crippen LogP contribution is -2.40. The predicted molar refractivity (Wildman–Crippen MR) is 122 cm³/mol. The molecule has 0 saturated carbocycles. The minimum absolute atomic E-state index is 0.126. The van der Waals surface area contributed by atoms with Crippen molar-refractivity contribution in [2.45, 2.75) is 25.2 Å². The van der Waals surface area contributed by atoms with Crippen LogP contribution in [-0.4, -0.2) is 27.1 Å². The number of para-hydroxylation sites is 1. The molecule has 30 heavy (non-hydrogen) atoms. The van der Waals surface area contributed by atoms with Crippen LogP contribution < -0.4 is 9.73 Å². The van der Waals surface area contributed by atoms with E-state index in [-0.39, 0.29) is 11.4 Å². The van der Waals surface area contributed by atoms with E-state index in [1.54, 1.807) is 36.5 Å². The molecule has 0 atom stereocenters. The number of benzene rings is 2. The molecule has 0 aliphatic heterocycles. The van der Waals surface area contributed by atoms with Gasteiger partial charge in [0.2, 0.25) is 0 Å². The second kappa shape index (κ2) is 9.69. The fraction of sp³-hybridized carbons (Fsp3) is 0.182. The molecule has 0 radical (unpaired) electrons. The zero-order valence-electron chi connectivity index (χ0n) is 16.8. The summed E-state index contributed by atoms with van der Waals surface area (Å²) in [6, 6.07) is 17.2. The summed E-state index contributed by atoms with van der Waals surface area (Å²) >= 11 is 1.51. The fourth-order valence-corrected chi connectivity index (χ4v) is 5.18. The predicted octanol–water partition coefficient (Wildman–Crippen LogP) is 3.96. The third kappa shape index (κ3) is 4.95. The average molecular weight is 442 g/mol. The van der Waals surface area contributed by atoms with Crippen LogP contribution in [0, 0.1) is 6.92 Å². The van der Waals surface area contributed by atoms with Gasteiger partial charge in [0.25, 0.3) is 15.9 Å². The molecule has 1 amide bonds. The third-order valence-electron chi connectivity index (χ3n) is 4.53. The van der Waals surface area contributed by atoms with Crippen molar-refractivity contribution in [1.29, 1.82) is 0 Å². The first kappa shape index (κ1) is 21.7. The van der Waals surface area contributed by atoms with Crippen molar-refractivity contribution < 1.29 is 13.2 Å². The Bertz CT molecular complexity index is 1140. The molecule has 0 spiro atoms. The molecule has 3 rings (SSSR count). The highest BCUT2D eigenvalue weighted by molar-refractivity contribution is 7.92. The van der Waals surface area contributed by atoms with Crippen LogP contribution in [-0.2, 0) is 21.2 Å². The Labute approximate surface area is 180 Å². The molecule has 1 aromatic heterocycles. The Kier molecular flexibility index (Phi) is 7.02. The second-order valence-corrected chi connectivity index (χ2v) is 9.38. The molecule has 0 aliphatic rings. The van der Waals surface area contributed by atoms with Gasteiger partial charge in [-0.3, -0.25) is 9.10 Å². The molecular formula is C22H23N3O3S2. The van der Waals surface area contributed by atoms with Crippen LogP contribution in [0.25, 0.3) is 0 Å². The maximum atomic E-state index is 13.4. The van der Waals surface area contributed by atoms with Crippen molar-refractivity contribution in [2.24, 2.45) is 5.10 Å². The van der Waals surface area contributed by atoms with Gasteiger partial charge in [-0.2, -0.15) is 5.10 Å². The number of hydrogen-bond acceptors (Lipinski definition) is 5. The van der Waals surface area contributed by atoms with E-state index in [9.17, 15) is 13.2 Å². The summed E-state index contributed by atoms with van der Waals surface area (Å²) in [6.07, 6.45) is 2.20. The maximum Gasteiger partial charge on any atom is 0.264 e. The number of anilines is 1. The largest absolute Gasteiger partial charge is 0.271 e. The van der Waals surface area contributed by atoms with Crippen LogP contribution in [0.5, 0.6) is 0 Å². The van der Waals surface area contributed by atoms with Gasteiger partial charge in [-0.15, -0.1) is 11.3 Å². The normalized spacial score (nSPS) is 11.5. The number of sulfonamides is 1. The van der Waals surface area contributed by atoms with E-state index >= 15 is 0 Å². The van der Waals surface area contributed by atoms with Gasteiger partial charge in [0, 0.05) is 4.88 Å². The number of hydrazone groups is 1. The summed E-state index contributed by atoms with van der Waals surface area (Å²) in [4.78, 5) is 13.6. The van der Waals surface area contributed by atoms with Crippen LogP contribution in [0.2, 0.25) is 0 Å². The zero-order valence-corrected chi connectivity index (χ0v) is 18.4. The Balaban J connectivity index is 1.89. The number of thiophene rings is 1. The van der Waals surface area contributed by atoms with Crippen LogP contribution in [0.4, 0.5) is 5.69 Å². The van der Waals surface area contributed by atoms with Gasteiger partial charge in [0.15, 0.2) is 0 Å². The Morgan fingerprint density at radius 3 is 2.47 bits per heavy atom. The summed E-state index contributed by atoms with van der Waals surface area (Å²) in [5.74, 6) is -0.522. The molecule has 2 aromatic carbocycles. The molecule has 0 bridgehead atoms. The first-order valence-electron chi connectivity index (χ1n) is 9.45. The number of amides is 1. The van der Waals surface area contributed by atoms with Crippen molar-refractivity contribution >= 4 is 39.2 Å². The minimum Gasteiger partial charge on any atom is -0.271 e. The van der Waals surface area contributed by atoms with Crippen LogP contribution >= 0.6 is 11.3 Å². The number of aryl methyl sites for hydroxylation is 2. The lowest BCUT2D eigenvalue weighted by Gasteiger charge is -2.25. The lowest BCUT2D eigenvalue weighted by molar-refractivity contribution is -0.119. The second-order valence-electron chi connectivity index (χ2n) is 6.57. The lowest BCUT2D eigenvalue weighted by atomic mass is 10.1. The summed E-state index contributed by atoms with van der Waals surface area (Å²) in [5, 5.41) is 5.92. The van der Waals surface area contributed by atoms with Crippen molar-refractivity contribution in [3.8, 4) is 0 Å². The van der Waals surface area contributed by atoms with E-state index in [4.69, 9.17) is 0 Å². The molecule has 8 heteroatoms. The van der Waals surface area contributed by atoms with E-state index in [2.05, 4.69) is 10.5 Å². The summed E-state index contributed by atoms with van der Waals surface area (Å²) in [5.41, 5.74) is 4.82. The monoisotopic (exact) mass is 441 g/mol. The number of hydrogen-bond donors (Lipinski definition) is 1. The summed E-state index contributed by atoms with van der Waals surface area (Å²) in [6.45, 7) is 3.52. The topological polar surface area (TPSA) is 78.8 Å². The van der Waals surface area contributed by atoms with Gasteiger partial charge < -0.3 is 0 Å². The van der Waals surface area contributed by atoms with Crippen LogP contribution in [0.15, 0.2) is 76.0 Å². The number of carbonyl (C=O) groups is 1. The van der Waals surface area contributed by atoms with Crippen LogP contribution in [0.3, 0.4) is 0 Å². The molecule has 1 heterocycles. The molecule has 3 aromatic rings. The Hall–Kier alpha value is -2.97. The van der Waals surface area contributed by atoms with E-state index < -0.39 is 15.9 Å². The van der Waals surface area contributed by atoms with E-state index in [0.29, 0.717) is 12.1 Å². The van der Waals surface area contributed by atoms with Gasteiger partial charge >= 0.3 is 0 Å². The molecule has 0 saturated heterocycles.